The third-order valence-electron chi connectivity index (χ3n) is 3.34. The largest absolute Gasteiger partial charge is 0.491 e. The van der Waals surface area contributed by atoms with Crippen LogP contribution in [0.3, 0.4) is 0 Å². The van der Waals surface area contributed by atoms with Crippen LogP contribution in [0.1, 0.15) is 36.8 Å². The zero-order chi connectivity index (χ0) is 16.8. The first-order valence-electron chi connectivity index (χ1n) is 7.91. The Labute approximate surface area is 137 Å². The SMILES string of the molecule is Cc1cccc(OCC(O)CNc2cc(C)nc(C(C)C)n2)c1. The van der Waals surface area contributed by atoms with Crippen molar-refractivity contribution in [2.24, 2.45) is 0 Å². The van der Waals surface area contributed by atoms with Gasteiger partial charge in [0.2, 0.25) is 0 Å². The van der Waals surface area contributed by atoms with E-state index in [4.69, 9.17) is 4.74 Å². The van der Waals surface area contributed by atoms with Gasteiger partial charge in [0.15, 0.2) is 0 Å². The lowest BCUT2D eigenvalue weighted by Crippen LogP contribution is -2.26. The van der Waals surface area contributed by atoms with E-state index in [2.05, 4.69) is 29.1 Å². The molecular formula is C18H25N3O2. The Bertz CT molecular complexity index is 644. The summed E-state index contributed by atoms with van der Waals surface area (Å²) >= 11 is 0. The standard InChI is InChI=1S/C18H25N3O2/c1-12(2)18-20-14(4)9-17(21-18)19-10-15(22)11-23-16-7-5-6-13(3)8-16/h5-9,12,15,22H,10-11H2,1-4H3,(H,19,20,21). The van der Waals surface area contributed by atoms with E-state index in [0.29, 0.717) is 6.54 Å². The molecule has 0 amide bonds. The van der Waals surface area contributed by atoms with Gasteiger partial charge in [-0.05, 0) is 31.5 Å². The molecule has 0 aliphatic carbocycles. The molecule has 23 heavy (non-hydrogen) atoms. The summed E-state index contributed by atoms with van der Waals surface area (Å²) in [5.41, 5.74) is 2.05. The molecule has 5 heteroatoms. The maximum absolute atomic E-state index is 10.1. The number of aromatic nitrogens is 2. The van der Waals surface area contributed by atoms with Gasteiger partial charge in [0.25, 0.3) is 0 Å². The van der Waals surface area contributed by atoms with Crippen LogP contribution < -0.4 is 10.1 Å². The molecule has 124 valence electrons. The number of hydrogen-bond donors (Lipinski definition) is 2. The molecule has 0 bridgehead atoms. The highest BCUT2D eigenvalue weighted by atomic mass is 16.5. The zero-order valence-electron chi connectivity index (χ0n) is 14.2. The number of anilines is 1. The smallest absolute Gasteiger partial charge is 0.133 e. The predicted octanol–water partition coefficient (Wildman–Crippen LogP) is 3.07. The van der Waals surface area contributed by atoms with Crippen LogP contribution in [0.25, 0.3) is 0 Å². The number of hydrogen-bond acceptors (Lipinski definition) is 5. The molecule has 0 aliphatic heterocycles. The van der Waals surface area contributed by atoms with Gasteiger partial charge in [-0.3, -0.25) is 0 Å². The molecule has 1 aromatic heterocycles. The molecule has 5 nitrogen and oxygen atoms in total. The third kappa shape index (κ3) is 5.53. The lowest BCUT2D eigenvalue weighted by molar-refractivity contribution is 0.117. The average Bonchev–Trinajstić information content (AvgIpc) is 2.50. The Kier molecular flexibility index (Phi) is 5.93. The van der Waals surface area contributed by atoms with Crippen LogP contribution in [0, 0.1) is 13.8 Å². The van der Waals surface area contributed by atoms with E-state index in [9.17, 15) is 5.11 Å². The Morgan fingerprint density at radius 2 is 1.96 bits per heavy atom. The molecule has 2 aromatic rings. The highest BCUT2D eigenvalue weighted by Gasteiger charge is 2.09. The van der Waals surface area contributed by atoms with Crippen LogP contribution in [0.5, 0.6) is 5.75 Å². The van der Waals surface area contributed by atoms with Crippen molar-refractivity contribution in [3.63, 3.8) is 0 Å². The number of benzene rings is 1. The Morgan fingerprint density at radius 3 is 2.65 bits per heavy atom. The summed E-state index contributed by atoms with van der Waals surface area (Å²) in [5.74, 6) is 2.57. The van der Waals surface area contributed by atoms with Crippen molar-refractivity contribution < 1.29 is 9.84 Å². The minimum Gasteiger partial charge on any atom is -0.491 e. The summed E-state index contributed by atoms with van der Waals surface area (Å²) < 4.78 is 5.60. The van der Waals surface area contributed by atoms with Gasteiger partial charge in [-0.1, -0.05) is 26.0 Å². The quantitative estimate of drug-likeness (QED) is 0.822. The zero-order valence-corrected chi connectivity index (χ0v) is 14.2. The van der Waals surface area contributed by atoms with Crippen molar-refractivity contribution in [2.45, 2.75) is 39.7 Å². The number of nitrogens with zero attached hydrogens (tertiary/aromatic N) is 2. The van der Waals surface area contributed by atoms with Gasteiger partial charge in [-0.25, -0.2) is 9.97 Å². The lowest BCUT2D eigenvalue weighted by Gasteiger charge is -2.15. The fraction of sp³-hybridized carbons (Fsp3) is 0.444. The number of nitrogens with one attached hydrogen (secondary N) is 1. The second-order valence-corrected chi connectivity index (χ2v) is 6.07. The van der Waals surface area contributed by atoms with Crippen LogP contribution >= 0.6 is 0 Å². The van der Waals surface area contributed by atoms with Crippen LogP contribution in [0.2, 0.25) is 0 Å². The van der Waals surface area contributed by atoms with E-state index in [1.807, 2.05) is 44.2 Å². The molecule has 2 rings (SSSR count). The van der Waals surface area contributed by atoms with E-state index in [-0.39, 0.29) is 12.5 Å². The predicted molar refractivity (Wildman–Crippen MR) is 92.0 cm³/mol. The van der Waals surface area contributed by atoms with Crippen molar-refractivity contribution in [3.8, 4) is 5.75 Å². The number of aliphatic hydroxyl groups is 1. The number of aliphatic hydroxyl groups excluding tert-OH is 1. The summed E-state index contributed by atoms with van der Waals surface area (Å²) in [5, 5.41) is 13.2. The van der Waals surface area contributed by atoms with Crippen LogP contribution in [0.4, 0.5) is 5.82 Å². The van der Waals surface area contributed by atoms with Gasteiger partial charge in [0, 0.05) is 24.2 Å². The van der Waals surface area contributed by atoms with Crippen molar-refractivity contribution >= 4 is 5.82 Å². The Balaban J connectivity index is 1.85. The molecule has 1 heterocycles. The van der Waals surface area contributed by atoms with Crippen molar-refractivity contribution in [1.29, 1.82) is 0 Å². The monoisotopic (exact) mass is 315 g/mol. The van der Waals surface area contributed by atoms with Gasteiger partial charge >= 0.3 is 0 Å². The van der Waals surface area contributed by atoms with Gasteiger partial charge in [-0.15, -0.1) is 0 Å². The van der Waals surface area contributed by atoms with E-state index in [1.165, 1.54) is 0 Å². The minimum atomic E-state index is -0.617. The van der Waals surface area contributed by atoms with E-state index < -0.39 is 6.10 Å². The summed E-state index contributed by atoms with van der Waals surface area (Å²) in [7, 11) is 0. The highest BCUT2D eigenvalue weighted by Crippen LogP contribution is 2.14. The summed E-state index contributed by atoms with van der Waals surface area (Å²) in [6.45, 7) is 8.67. The van der Waals surface area contributed by atoms with Gasteiger partial charge in [0.1, 0.15) is 30.1 Å². The fourth-order valence-corrected chi connectivity index (χ4v) is 2.12. The molecule has 0 saturated carbocycles. The molecule has 1 aromatic carbocycles. The van der Waals surface area contributed by atoms with E-state index in [0.717, 1.165) is 28.6 Å². The normalized spacial score (nSPS) is 12.3. The highest BCUT2D eigenvalue weighted by molar-refractivity contribution is 5.36. The lowest BCUT2D eigenvalue weighted by atomic mass is 10.2. The maximum atomic E-state index is 10.1. The van der Waals surface area contributed by atoms with Gasteiger partial charge in [-0.2, -0.15) is 0 Å². The topological polar surface area (TPSA) is 67.3 Å². The third-order valence-corrected chi connectivity index (χ3v) is 3.34. The molecular weight excluding hydrogens is 290 g/mol. The van der Waals surface area contributed by atoms with Crippen LogP contribution in [-0.2, 0) is 0 Å². The van der Waals surface area contributed by atoms with Crippen molar-refractivity contribution in [2.75, 3.05) is 18.5 Å². The molecule has 0 saturated heterocycles. The molecule has 1 unspecified atom stereocenters. The minimum absolute atomic E-state index is 0.234. The maximum Gasteiger partial charge on any atom is 0.133 e. The first-order chi connectivity index (χ1) is 10.9. The van der Waals surface area contributed by atoms with E-state index >= 15 is 0 Å². The van der Waals surface area contributed by atoms with Gasteiger partial charge in [0.05, 0.1) is 0 Å². The molecule has 0 radical (unpaired) electrons. The second kappa shape index (κ2) is 7.92. The first kappa shape index (κ1) is 17.2. The molecule has 2 N–H and O–H groups in total. The number of ether oxygens (including phenoxy) is 1. The first-order valence-corrected chi connectivity index (χ1v) is 7.91. The van der Waals surface area contributed by atoms with Crippen LogP contribution in [0.15, 0.2) is 30.3 Å². The van der Waals surface area contributed by atoms with Crippen LogP contribution in [-0.4, -0.2) is 34.3 Å². The molecule has 1 atom stereocenters. The second-order valence-electron chi connectivity index (χ2n) is 6.07. The van der Waals surface area contributed by atoms with Crippen molar-refractivity contribution in [1.82, 2.24) is 9.97 Å². The average molecular weight is 315 g/mol. The summed E-state index contributed by atoms with van der Waals surface area (Å²) in [6, 6.07) is 9.65. The fourth-order valence-electron chi connectivity index (χ4n) is 2.12. The molecule has 0 fully saturated rings. The van der Waals surface area contributed by atoms with Crippen molar-refractivity contribution in [3.05, 3.63) is 47.4 Å². The number of aryl methyl sites for hydroxylation is 2. The van der Waals surface area contributed by atoms with Gasteiger partial charge < -0.3 is 15.2 Å². The van der Waals surface area contributed by atoms with E-state index in [1.54, 1.807) is 0 Å². The molecule has 0 aliphatic rings. The Morgan fingerprint density at radius 1 is 1.17 bits per heavy atom. The number of rotatable bonds is 7. The summed E-state index contributed by atoms with van der Waals surface area (Å²) in [6.07, 6.45) is -0.617. The molecule has 0 spiro atoms. The Hall–Kier alpha value is -2.14. The summed E-state index contributed by atoms with van der Waals surface area (Å²) in [4.78, 5) is 8.87.